The first-order valence-corrected chi connectivity index (χ1v) is 7.10. The number of fused-ring (bicyclic) bond motifs is 1. The maximum Gasteiger partial charge on any atom is 0.407 e. The highest BCUT2D eigenvalue weighted by atomic mass is 16.5. The summed E-state index contributed by atoms with van der Waals surface area (Å²) in [5, 5.41) is 18.6. The lowest BCUT2D eigenvalue weighted by molar-refractivity contribution is 0.0684. The van der Waals surface area contributed by atoms with Crippen LogP contribution in [0, 0.1) is 11.3 Å². The molecule has 112 valence electrons. The molecule has 2 aliphatic rings. The van der Waals surface area contributed by atoms with E-state index in [1.54, 1.807) is 0 Å². The Bertz CT molecular complexity index is 611. The fourth-order valence-corrected chi connectivity index (χ4v) is 3.29. The van der Waals surface area contributed by atoms with E-state index in [9.17, 15) is 10.1 Å². The highest BCUT2D eigenvalue weighted by Crippen LogP contribution is 2.35. The van der Waals surface area contributed by atoms with Gasteiger partial charge in [0.1, 0.15) is 11.8 Å². The Morgan fingerprint density at radius 3 is 2.76 bits per heavy atom. The summed E-state index contributed by atoms with van der Waals surface area (Å²) in [5.74, 6) is 0. The minimum atomic E-state index is -0.947. The number of carbonyl (C=O) groups is 1. The number of rotatable bonds is 1. The number of nitrogens with zero attached hydrogens (tertiary/aromatic N) is 3. The average molecular weight is 290 g/mol. The molecule has 1 aromatic heterocycles. The maximum atomic E-state index is 11.1. The molecular formula is C14H18N4O3. The second-order valence-corrected chi connectivity index (χ2v) is 5.47. The molecule has 0 aliphatic carbocycles. The van der Waals surface area contributed by atoms with Crippen molar-refractivity contribution in [3.05, 3.63) is 17.0 Å². The average Bonchev–Trinajstić information content (AvgIpc) is 2.80. The van der Waals surface area contributed by atoms with Gasteiger partial charge in [-0.1, -0.05) is 0 Å². The van der Waals surface area contributed by atoms with Crippen molar-refractivity contribution in [2.24, 2.45) is 0 Å². The Morgan fingerprint density at radius 2 is 2.14 bits per heavy atom. The summed E-state index contributed by atoms with van der Waals surface area (Å²) in [6.45, 7) is 2.08. The molecule has 0 saturated carbocycles. The first-order valence-electron chi connectivity index (χ1n) is 7.10. The summed E-state index contributed by atoms with van der Waals surface area (Å²) in [5.41, 5.74) is 8.84. The molecule has 0 spiro atoms. The van der Waals surface area contributed by atoms with Crippen LogP contribution < -0.4 is 5.73 Å². The summed E-state index contributed by atoms with van der Waals surface area (Å²) >= 11 is 0. The molecule has 0 radical (unpaired) electrons. The molecule has 1 fully saturated rings. The standard InChI is InChI=1S/C14H18N4O3/c15-7-12-13(16)10-8-17(14(19)20)4-1-11(10)18(12)9-2-5-21-6-3-9/h9H,1-6,8,16H2,(H,19,20). The maximum absolute atomic E-state index is 11.1. The lowest BCUT2D eigenvalue weighted by Gasteiger charge is -2.30. The number of hydrogen-bond donors (Lipinski definition) is 2. The number of hydrogen-bond acceptors (Lipinski definition) is 4. The topological polar surface area (TPSA) is 105 Å². The predicted molar refractivity (Wildman–Crippen MR) is 74.8 cm³/mol. The van der Waals surface area contributed by atoms with Crippen molar-refractivity contribution in [3.8, 4) is 6.07 Å². The number of anilines is 1. The Morgan fingerprint density at radius 1 is 1.43 bits per heavy atom. The quantitative estimate of drug-likeness (QED) is 0.811. The largest absolute Gasteiger partial charge is 0.465 e. The lowest BCUT2D eigenvalue weighted by atomic mass is 10.1. The SMILES string of the molecule is N#Cc1c(N)c2c(n1C1CCOCC1)CCN(C(=O)O)C2. The van der Waals surface area contributed by atoms with E-state index < -0.39 is 6.09 Å². The van der Waals surface area contributed by atoms with E-state index in [4.69, 9.17) is 15.6 Å². The zero-order valence-corrected chi connectivity index (χ0v) is 11.7. The lowest BCUT2D eigenvalue weighted by Crippen LogP contribution is -2.35. The van der Waals surface area contributed by atoms with Gasteiger partial charge in [0.25, 0.3) is 0 Å². The van der Waals surface area contributed by atoms with E-state index in [1.165, 1.54) is 4.90 Å². The molecular weight excluding hydrogens is 272 g/mol. The molecule has 0 unspecified atom stereocenters. The van der Waals surface area contributed by atoms with Crippen LogP contribution in [-0.4, -0.2) is 40.4 Å². The Labute approximate surface area is 122 Å². The fraction of sp³-hybridized carbons (Fsp3) is 0.571. The number of nitrogens with two attached hydrogens (primary N) is 1. The fourth-order valence-electron chi connectivity index (χ4n) is 3.29. The van der Waals surface area contributed by atoms with Crippen molar-refractivity contribution in [3.63, 3.8) is 0 Å². The molecule has 3 rings (SSSR count). The highest BCUT2D eigenvalue weighted by Gasteiger charge is 2.31. The molecule has 7 heteroatoms. The van der Waals surface area contributed by atoms with E-state index in [-0.39, 0.29) is 12.6 Å². The van der Waals surface area contributed by atoms with Crippen LogP contribution in [0.4, 0.5) is 10.5 Å². The third kappa shape index (κ3) is 2.21. The number of nitrogen functional groups attached to an aromatic ring is 1. The monoisotopic (exact) mass is 290 g/mol. The van der Waals surface area contributed by atoms with Crippen molar-refractivity contribution in [1.29, 1.82) is 5.26 Å². The van der Waals surface area contributed by atoms with Crippen molar-refractivity contribution < 1.29 is 14.6 Å². The predicted octanol–water partition coefficient (Wildman–Crippen LogP) is 1.33. The van der Waals surface area contributed by atoms with Crippen molar-refractivity contribution in [2.75, 3.05) is 25.5 Å². The van der Waals surface area contributed by atoms with Crippen LogP contribution in [0.1, 0.15) is 35.8 Å². The van der Waals surface area contributed by atoms with Crippen molar-refractivity contribution >= 4 is 11.8 Å². The molecule has 0 aromatic carbocycles. The Balaban J connectivity index is 2.03. The highest BCUT2D eigenvalue weighted by molar-refractivity contribution is 5.68. The smallest absolute Gasteiger partial charge is 0.407 e. The van der Waals surface area contributed by atoms with Crippen LogP contribution in [0.3, 0.4) is 0 Å². The molecule has 0 atom stereocenters. The normalized spacial score (nSPS) is 19.1. The summed E-state index contributed by atoms with van der Waals surface area (Å²) in [6.07, 6.45) is 1.37. The van der Waals surface area contributed by atoms with Crippen LogP contribution in [0.25, 0.3) is 0 Å². The van der Waals surface area contributed by atoms with Crippen LogP contribution in [-0.2, 0) is 17.7 Å². The van der Waals surface area contributed by atoms with Gasteiger partial charge in [-0.05, 0) is 12.8 Å². The molecule has 7 nitrogen and oxygen atoms in total. The summed E-state index contributed by atoms with van der Waals surface area (Å²) in [4.78, 5) is 12.5. The molecule has 0 bridgehead atoms. The van der Waals surface area contributed by atoms with Gasteiger partial charge in [-0.15, -0.1) is 0 Å². The number of ether oxygens (including phenoxy) is 1. The minimum absolute atomic E-state index is 0.218. The van der Waals surface area contributed by atoms with Gasteiger partial charge in [0, 0.05) is 43.5 Å². The summed E-state index contributed by atoms with van der Waals surface area (Å²) in [7, 11) is 0. The molecule has 2 aliphatic heterocycles. The number of nitriles is 1. The molecule has 3 heterocycles. The number of aromatic nitrogens is 1. The third-order valence-corrected chi connectivity index (χ3v) is 4.36. The van der Waals surface area contributed by atoms with Gasteiger partial charge in [-0.25, -0.2) is 4.79 Å². The second kappa shape index (κ2) is 5.30. The summed E-state index contributed by atoms with van der Waals surface area (Å²) < 4.78 is 7.41. The minimum Gasteiger partial charge on any atom is -0.465 e. The molecule has 3 N–H and O–H groups in total. The van der Waals surface area contributed by atoms with Gasteiger partial charge in [-0.2, -0.15) is 5.26 Å². The van der Waals surface area contributed by atoms with Crippen LogP contribution in [0.2, 0.25) is 0 Å². The van der Waals surface area contributed by atoms with Crippen molar-refractivity contribution in [1.82, 2.24) is 9.47 Å². The van der Waals surface area contributed by atoms with Gasteiger partial charge in [0.15, 0.2) is 0 Å². The molecule has 1 aromatic rings. The van der Waals surface area contributed by atoms with Gasteiger partial charge in [-0.3, -0.25) is 0 Å². The Hall–Kier alpha value is -2.20. The van der Waals surface area contributed by atoms with Gasteiger partial charge >= 0.3 is 6.09 Å². The third-order valence-electron chi connectivity index (χ3n) is 4.36. The zero-order chi connectivity index (χ0) is 15.0. The first-order chi connectivity index (χ1) is 10.1. The molecule has 1 amide bonds. The first kappa shape index (κ1) is 13.8. The van der Waals surface area contributed by atoms with E-state index in [0.717, 1.165) is 24.1 Å². The van der Waals surface area contributed by atoms with Gasteiger partial charge in [0.2, 0.25) is 0 Å². The number of amides is 1. The molecule has 1 saturated heterocycles. The van der Waals surface area contributed by atoms with Crippen LogP contribution in [0.15, 0.2) is 0 Å². The van der Waals surface area contributed by atoms with E-state index in [1.807, 2.05) is 4.57 Å². The zero-order valence-electron chi connectivity index (χ0n) is 11.7. The van der Waals surface area contributed by atoms with Crippen molar-refractivity contribution in [2.45, 2.75) is 31.8 Å². The van der Waals surface area contributed by atoms with E-state index in [2.05, 4.69) is 6.07 Å². The van der Waals surface area contributed by atoms with E-state index >= 15 is 0 Å². The van der Waals surface area contributed by atoms with Crippen LogP contribution >= 0.6 is 0 Å². The second-order valence-electron chi connectivity index (χ2n) is 5.47. The summed E-state index contributed by atoms with van der Waals surface area (Å²) in [6, 6.07) is 2.41. The van der Waals surface area contributed by atoms with Gasteiger partial charge < -0.3 is 25.0 Å². The van der Waals surface area contributed by atoms with E-state index in [0.29, 0.717) is 37.6 Å². The van der Waals surface area contributed by atoms with Gasteiger partial charge in [0.05, 0.1) is 12.2 Å². The van der Waals surface area contributed by atoms with Crippen LogP contribution in [0.5, 0.6) is 0 Å². The molecule has 21 heavy (non-hydrogen) atoms. The number of carboxylic acid groups (broad SMARTS) is 1. The Kier molecular flexibility index (Phi) is 3.47.